The Morgan fingerprint density at radius 3 is 2.90 bits per heavy atom. The molecule has 0 saturated carbocycles. The van der Waals surface area contributed by atoms with Gasteiger partial charge in [-0.25, -0.2) is 0 Å². The van der Waals surface area contributed by atoms with Gasteiger partial charge < -0.3 is 9.64 Å². The van der Waals surface area contributed by atoms with Crippen LogP contribution in [0, 0.1) is 11.3 Å². The molecule has 2 rings (SSSR count). The van der Waals surface area contributed by atoms with Crippen LogP contribution in [-0.4, -0.2) is 17.5 Å². The van der Waals surface area contributed by atoms with Gasteiger partial charge >= 0.3 is 0 Å². The number of nitriles is 1. The van der Waals surface area contributed by atoms with Crippen molar-refractivity contribution in [3.05, 3.63) is 40.5 Å². The molecule has 0 fully saturated rings. The molecule has 0 aliphatic rings. The predicted octanol–water partition coefficient (Wildman–Crippen LogP) is 4.09. The molecule has 1 aromatic heterocycles. The van der Waals surface area contributed by atoms with Gasteiger partial charge in [-0.3, -0.25) is 0 Å². The van der Waals surface area contributed by atoms with Gasteiger partial charge in [0.05, 0.1) is 6.10 Å². The van der Waals surface area contributed by atoms with Gasteiger partial charge in [0.25, 0.3) is 0 Å². The van der Waals surface area contributed by atoms with Crippen LogP contribution in [0.5, 0.6) is 5.75 Å². The number of ether oxygens (including phenoxy) is 1. The van der Waals surface area contributed by atoms with Gasteiger partial charge in [-0.05, 0) is 43.1 Å². The Morgan fingerprint density at radius 1 is 1.48 bits per heavy atom. The maximum atomic E-state index is 9.13. The molecule has 0 amide bonds. The van der Waals surface area contributed by atoms with Gasteiger partial charge in [0, 0.05) is 13.6 Å². The van der Waals surface area contributed by atoms with Crippen LogP contribution < -0.4 is 9.64 Å². The lowest BCUT2D eigenvalue weighted by Gasteiger charge is -2.18. The summed E-state index contributed by atoms with van der Waals surface area (Å²) in [5.41, 5.74) is 1.53. The summed E-state index contributed by atoms with van der Waals surface area (Å²) in [6.45, 7) is 4.65. The van der Waals surface area contributed by atoms with Crippen LogP contribution >= 0.6 is 23.1 Å². The highest BCUT2D eigenvalue weighted by Gasteiger charge is 2.15. The first-order valence-electron chi connectivity index (χ1n) is 6.53. The van der Waals surface area contributed by atoms with Gasteiger partial charge in [0.2, 0.25) is 0 Å². The highest BCUT2D eigenvalue weighted by atomic mass is 35.5. The van der Waals surface area contributed by atoms with Crippen LogP contribution in [0.25, 0.3) is 0 Å². The monoisotopic (exact) mass is 321 g/mol. The Balaban J connectivity index is 2.16. The van der Waals surface area contributed by atoms with Gasteiger partial charge in [-0.2, -0.15) is 9.64 Å². The third-order valence-electron chi connectivity index (χ3n) is 2.78. The topological polar surface area (TPSA) is 49.1 Å². The van der Waals surface area contributed by atoms with E-state index in [0.29, 0.717) is 12.1 Å². The predicted molar refractivity (Wildman–Crippen MR) is 86.2 cm³/mol. The summed E-state index contributed by atoms with van der Waals surface area (Å²) in [5.74, 6) is 0.846. The summed E-state index contributed by atoms with van der Waals surface area (Å²) in [4.78, 5) is 1.97. The largest absolute Gasteiger partial charge is 0.491 e. The smallest absolute Gasteiger partial charge is 0.162 e. The molecule has 1 aromatic carbocycles. The van der Waals surface area contributed by atoms with Crippen molar-refractivity contribution in [3.8, 4) is 11.8 Å². The molecule has 21 heavy (non-hydrogen) atoms. The molecule has 0 unspecified atom stereocenters. The molecule has 6 heteroatoms. The lowest BCUT2D eigenvalue weighted by molar-refractivity contribution is 0.242. The van der Waals surface area contributed by atoms with Crippen molar-refractivity contribution < 1.29 is 4.74 Å². The number of anilines is 1. The fourth-order valence-corrected chi connectivity index (χ4v) is 2.94. The van der Waals surface area contributed by atoms with Crippen molar-refractivity contribution in [3.63, 3.8) is 0 Å². The lowest BCUT2D eigenvalue weighted by Crippen LogP contribution is -2.16. The fraction of sp³-hybridized carbons (Fsp3) is 0.333. The van der Waals surface area contributed by atoms with Crippen molar-refractivity contribution >= 4 is 28.1 Å². The first-order valence-corrected chi connectivity index (χ1v) is 7.68. The van der Waals surface area contributed by atoms with Gasteiger partial charge in [0.15, 0.2) is 5.15 Å². The van der Waals surface area contributed by atoms with Crippen molar-refractivity contribution in [1.82, 2.24) is 4.37 Å². The zero-order chi connectivity index (χ0) is 15.4. The van der Waals surface area contributed by atoms with E-state index in [2.05, 4.69) is 10.4 Å². The molecule has 0 bridgehead atoms. The van der Waals surface area contributed by atoms with E-state index in [4.69, 9.17) is 21.6 Å². The Labute approximate surface area is 133 Å². The number of rotatable bonds is 5. The molecule has 0 aliphatic heterocycles. The second kappa shape index (κ2) is 6.79. The normalized spacial score (nSPS) is 10.5. The lowest BCUT2D eigenvalue weighted by atomic mass is 10.2. The first kappa shape index (κ1) is 15.6. The Hall–Kier alpha value is -1.77. The minimum absolute atomic E-state index is 0.142. The molecule has 0 atom stereocenters. The standard InChI is InChI=1S/C15H16ClN3OS/c1-10(2)20-12-6-4-5-11(7-12)9-19(3)15-13(8-17)14(16)18-21-15/h4-7,10H,9H2,1-3H3. The minimum Gasteiger partial charge on any atom is -0.491 e. The summed E-state index contributed by atoms with van der Waals surface area (Å²) < 4.78 is 9.71. The molecule has 0 N–H and O–H groups in total. The average molecular weight is 322 g/mol. The van der Waals surface area contributed by atoms with Gasteiger partial charge in [-0.15, -0.1) is 0 Å². The minimum atomic E-state index is 0.142. The Bertz CT molecular complexity index is 663. The molecule has 0 aliphatic carbocycles. The summed E-state index contributed by atoms with van der Waals surface area (Å²) >= 11 is 7.14. The second-order valence-electron chi connectivity index (χ2n) is 4.94. The number of hydrogen-bond donors (Lipinski definition) is 0. The van der Waals surface area contributed by atoms with E-state index in [1.54, 1.807) is 0 Å². The Kier molecular flexibility index (Phi) is 5.05. The molecule has 110 valence electrons. The maximum absolute atomic E-state index is 9.13. The zero-order valence-corrected chi connectivity index (χ0v) is 13.7. The molecule has 4 nitrogen and oxygen atoms in total. The van der Waals surface area contributed by atoms with E-state index in [9.17, 15) is 0 Å². The number of nitrogens with zero attached hydrogens (tertiary/aromatic N) is 3. The summed E-state index contributed by atoms with van der Waals surface area (Å²) in [6, 6.07) is 10.0. The van der Waals surface area contributed by atoms with Crippen molar-refractivity contribution in [1.29, 1.82) is 5.26 Å². The molecule has 1 heterocycles. The molecule has 0 spiro atoms. The number of hydrogen-bond acceptors (Lipinski definition) is 5. The zero-order valence-electron chi connectivity index (χ0n) is 12.1. The number of aromatic nitrogens is 1. The number of halogens is 1. The molecule has 0 saturated heterocycles. The Morgan fingerprint density at radius 2 is 2.24 bits per heavy atom. The highest BCUT2D eigenvalue weighted by molar-refractivity contribution is 7.10. The van der Waals surface area contributed by atoms with E-state index in [0.717, 1.165) is 16.3 Å². The summed E-state index contributed by atoms with van der Waals surface area (Å²) in [7, 11) is 1.92. The van der Waals surface area contributed by atoms with Crippen LogP contribution in [0.1, 0.15) is 25.0 Å². The SMILES string of the molecule is CC(C)Oc1cccc(CN(C)c2snc(Cl)c2C#N)c1. The molecule has 2 aromatic rings. The third-order valence-corrected chi connectivity index (χ3v) is 4.12. The van der Waals surface area contributed by atoms with Gasteiger partial charge in [0.1, 0.15) is 22.4 Å². The van der Waals surface area contributed by atoms with Crippen LogP contribution in [0.4, 0.5) is 5.00 Å². The maximum Gasteiger partial charge on any atom is 0.162 e. The first-order chi connectivity index (χ1) is 10.0. The van der Waals surface area contributed by atoms with E-state index in [1.807, 2.05) is 50.1 Å². The fourth-order valence-electron chi connectivity index (χ4n) is 1.95. The van der Waals surface area contributed by atoms with Crippen LogP contribution in [-0.2, 0) is 6.54 Å². The van der Waals surface area contributed by atoms with Crippen LogP contribution in [0.15, 0.2) is 24.3 Å². The third kappa shape index (κ3) is 3.87. The van der Waals surface area contributed by atoms with E-state index in [-0.39, 0.29) is 11.3 Å². The molecular formula is C15H16ClN3OS. The number of benzene rings is 1. The second-order valence-corrected chi connectivity index (χ2v) is 6.05. The van der Waals surface area contributed by atoms with Crippen molar-refractivity contribution in [2.75, 3.05) is 11.9 Å². The van der Waals surface area contributed by atoms with E-state index in [1.165, 1.54) is 11.5 Å². The molecular weight excluding hydrogens is 306 g/mol. The summed E-state index contributed by atoms with van der Waals surface area (Å²) in [6.07, 6.45) is 0.142. The van der Waals surface area contributed by atoms with Gasteiger partial charge in [-0.1, -0.05) is 23.7 Å². The average Bonchev–Trinajstić information content (AvgIpc) is 2.79. The quantitative estimate of drug-likeness (QED) is 0.832. The highest BCUT2D eigenvalue weighted by Crippen LogP contribution is 2.31. The van der Waals surface area contributed by atoms with E-state index < -0.39 is 0 Å². The van der Waals surface area contributed by atoms with Crippen molar-refractivity contribution in [2.24, 2.45) is 0 Å². The summed E-state index contributed by atoms with van der Waals surface area (Å²) in [5, 5.41) is 10.2. The van der Waals surface area contributed by atoms with Crippen LogP contribution in [0.3, 0.4) is 0 Å². The van der Waals surface area contributed by atoms with E-state index >= 15 is 0 Å². The van der Waals surface area contributed by atoms with Crippen molar-refractivity contribution in [2.45, 2.75) is 26.5 Å². The molecule has 0 radical (unpaired) electrons. The van der Waals surface area contributed by atoms with Crippen LogP contribution in [0.2, 0.25) is 5.15 Å².